The number of hydrogen-bond donors (Lipinski definition) is 2. The van der Waals surface area contributed by atoms with Crippen LogP contribution >= 0.6 is 0 Å². The number of nitrogens with zero attached hydrogens (tertiary/aromatic N) is 1. The molecule has 0 bridgehead atoms. The fourth-order valence-corrected chi connectivity index (χ4v) is 2.48. The summed E-state index contributed by atoms with van der Waals surface area (Å²) in [7, 11) is 1.85. The van der Waals surface area contributed by atoms with E-state index in [0.29, 0.717) is 13.0 Å². The van der Waals surface area contributed by atoms with Crippen molar-refractivity contribution in [1.29, 1.82) is 0 Å². The average Bonchev–Trinajstić information content (AvgIpc) is 2.28. The molecule has 5 nitrogen and oxygen atoms in total. The number of aliphatic hydroxyl groups excluding tert-OH is 1. The van der Waals surface area contributed by atoms with E-state index in [-0.39, 0.29) is 24.0 Å². The van der Waals surface area contributed by atoms with E-state index in [1.807, 2.05) is 25.8 Å². The summed E-state index contributed by atoms with van der Waals surface area (Å²) in [6.45, 7) is 5.08. The van der Waals surface area contributed by atoms with Crippen LogP contribution in [0.1, 0.15) is 33.1 Å². The molecular weight excluding hydrogens is 232 g/mol. The number of hydrogen-bond acceptors (Lipinski definition) is 4. The van der Waals surface area contributed by atoms with Crippen LogP contribution < -0.4 is 5.32 Å². The molecule has 5 heteroatoms. The van der Waals surface area contributed by atoms with Crippen molar-refractivity contribution in [2.75, 3.05) is 20.1 Å². The highest BCUT2D eigenvalue weighted by Gasteiger charge is 2.36. The van der Waals surface area contributed by atoms with Crippen molar-refractivity contribution in [2.45, 2.75) is 45.3 Å². The van der Waals surface area contributed by atoms with E-state index in [4.69, 9.17) is 0 Å². The maximum atomic E-state index is 11.9. The smallest absolute Gasteiger partial charge is 0.220 e. The highest BCUT2D eigenvalue weighted by Crippen LogP contribution is 2.21. The van der Waals surface area contributed by atoms with Gasteiger partial charge < -0.3 is 10.4 Å². The number of carbonyl (C=O) groups excluding carboxylic acids is 2. The largest absolute Gasteiger partial charge is 0.391 e. The first-order valence-corrected chi connectivity index (χ1v) is 6.65. The van der Waals surface area contributed by atoms with Gasteiger partial charge in [0.15, 0.2) is 5.78 Å². The highest BCUT2D eigenvalue weighted by atomic mass is 16.3. The van der Waals surface area contributed by atoms with Crippen LogP contribution in [-0.2, 0) is 9.59 Å². The zero-order valence-corrected chi connectivity index (χ0v) is 11.5. The third kappa shape index (κ3) is 3.78. The Hall–Kier alpha value is -0.940. The zero-order chi connectivity index (χ0) is 13.7. The second-order valence-corrected chi connectivity index (χ2v) is 5.12. The first-order chi connectivity index (χ1) is 8.47. The van der Waals surface area contributed by atoms with Gasteiger partial charge in [0.2, 0.25) is 5.91 Å². The van der Waals surface area contributed by atoms with Crippen LogP contribution in [0.15, 0.2) is 0 Å². The van der Waals surface area contributed by atoms with Gasteiger partial charge in [-0.1, -0.05) is 6.92 Å². The molecule has 1 saturated heterocycles. The van der Waals surface area contributed by atoms with Crippen molar-refractivity contribution in [1.82, 2.24) is 10.2 Å². The van der Waals surface area contributed by atoms with E-state index in [1.54, 1.807) is 0 Å². The average molecular weight is 256 g/mol. The Kier molecular flexibility index (Phi) is 5.75. The van der Waals surface area contributed by atoms with E-state index >= 15 is 0 Å². The predicted octanol–water partition coefficient (Wildman–Crippen LogP) is 0.173. The van der Waals surface area contributed by atoms with Gasteiger partial charge in [-0.2, -0.15) is 0 Å². The van der Waals surface area contributed by atoms with Gasteiger partial charge >= 0.3 is 0 Å². The van der Waals surface area contributed by atoms with Gasteiger partial charge in [0, 0.05) is 19.4 Å². The topological polar surface area (TPSA) is 69.6 Å². The van der Waals surface area contributed by atoms with E-state index in [9.17, 15) is 14.7 Å². The normalized spacial score (nSPS) is 24.7. The number of piperidine rings is 1. The Labute approximate surface area is 109 Å². The van der Waals surface area contributed by atoms with E-state index in [2.05, 4.69) is 5.32 Å². The van der Waals surface area contributed by atoms with Crippen LogP contribution in [0.4, 0.5) is 0 Å². The lowest BCUT2D eigenvalue weighted by Gasteiger charge is -2.36. The minimum Gasteiger partial charge on any atom is -0.391 e. The van der Waals surface area contributed by atoms with Crippen LogP contribution in [-0.4, -0.2) is 54.0 Å². The molecule has 104 valence electrons. The molecule has 0 aromatic heterocycles. The van der Waals surface area contributed by atoms with Crippen molar-refractivity contribution in [3.05, 3.63) is 0 Å². The van der Waals surface area contributed by atoms with Crippen molar-refractivity contribution < 1.29 is 14.7 Å². The maximum Gasteiger partial charge on any atom is 0.220 e. The quantitative estimate of drug-likeness (QED) is 0.736. The number of nitrogens with one attached hydrogen (secondary N) is 1. The number of amides is 1. The maximum absolute atomic E-state index is 11.9. The molecule has 1 rings (SSSR count). The van der Waals surface area contributed by atoms with Crippen molar-refractivity contribution in [3.63, 3.8) is 0 Å². The van der Waals surface area contributed by atoms with Crippen molar-refractivity contribution >= 4 is 11.7 Å². The molecule has 3 atom stereocenters. The Morgan fingerprint density at radius 3 is 2.83 bits per heavy atom. The van der Waals surface area contributed by atoms with Gasteiger partial charge in [-0.3, -0.25) is 14.5 Å². The third-order valence-electron chi connectivity index (χ3n) is 3.53. The summed E-state index contributed by atoms with van der Waals surface area (Å²) in [5.41, 5.74) is 0. The number of ketones is 1. The molecule has 18 heavy (non-hydrogen) atoms. The van der Waals surface area contributed by atoms with Gasteiger partial charge in [0.25, 0.3) is 0 Å². The minimum absolute atomic E-state index is 0.0741. The molecule has 2 N–H and O–H groups in total. The van der Waals surface area contributed by atoms with Crippen LogP contribution in [0.25, 0.3) is 0 Å². The molecule has 0 saturated carbocycles. The summed E-state index contributed by atoms with van der Waals surface area (Å²) in [6, 6.07) is -0.455. The number of rotatable bonds is 5. The monoisotopic (exact) mass is 256 g/mol. The number of Topliss-reactive ketones (excluding diaryl/α,β-unsaturated/α-hetero) is 1. The van der Waals surface area contributed by atoms with Crippen LogP contribution in [0.3, 0.4) is 0 Å². The molecule has 1 aliphatic heterocycles. The first-order valence-electron chi connectivity index (χ1n) is 6.65. The lowest BCUT2D eigenvalue weighted by molar-refractivity contribution is -0.134. The fourth-order valence-electron chi connectivity index (χ4n) is 2.48. The first kappa shape index (κ1) is 15.1. The molecule has 1 heterocycles. The van der Waals surface area contributed by atoms with Crippen LogP contribution in [0.2, 0.25) is 0 Å². The van der Waals surface area contributed by atoms with Crippen LogP contribution in [0, 0.1) is 5.92 Å². The Morgan fingerprint density at radius 1 is 1.61 bits per heavy atom. The van der Waals surface area contributed by atoms with Gasteiger partial charge in [-0.25, -0.2) is 0 Å². The summed E-state index contributed by atoms with van der Waals surface area (Å²) >= 11 is 0. The molecule has 0 aliphatic carbocycles. The third-order valence-corrected chi connectivity index (χ3v) is 3.53. The molecule has 1 aliphatic rings. The molecule has 1 fully saturated rings. The van der Waals surface area contributed by atoms with Crippen molar-refractivity contribution in [2.24, 2.45) is 5.92 Å². The second-order valence-electron chi connectivity index (χ2n) is 5.12. The predicted molar refractivity (Wildman–Crippen MR) is 69.1 cm³/mol. The summed E-state index contributed by atoms with van der Waals surface area (Å²) in [4.78, 5) is 25.2. The SMILES string of the molecule is CCNC(=O)C[C@@H](C)C(O)[C@H]1C(=O)CCCN1C. The Balaban J connectivity index is 2.58. The Bertz CT molecular complexity index is 307. The lowest BCUT2D eigenvalue weighted by Crippen LogP contribution is -2.52. The zero-order valence-electron chi connectivity index (χ0n) is 11.5. The second kappa shape index (κ2) is 6.85. The van der Waals surface area contributed by atoms with Gasteiger partial charge in [0.05, 0.1) is 12.1 Å². The molecule has 0 radical (unpaired) electrons. The molecule has 0 aromatic rings. The minimum atomic E-state index is -0.773. The van der Waals surface area contributed by atoms with E-state index in [1.165, 1.54) is 0 Å². The lowest BCUT2D eigenvalue weighted by atomic mass is 9.88. The molecular formula is C13H24N2O3. The van der Waals surface area contributed by atoms with E-state index in [0.717, 1.165) is 13.0 Å². The highest BCUT2D eigenvalue weighted by molar-refractivity contribution is 5.85. The van der Waals surface area contributed by atoms with Crippen molar-refractivity contribution in [3.8, 4) is 0 Å². The Morgan fingerprint density at radius 2 is 2.28 bits per heavy atom. The van der Waals surface area contributed by atoms with Gasteiger partial charge in [0.1, 0.15) is 0 Å². The molecule has 1 unspecified atom stereocenters. The van der Waals surface area contributed by atoms with Gasteiger partial charge in [-0.15, -0.1) is 0 Å². The number of likely N-dealkylation sites (tertiary alicyclic amines) is 1. The molecule has 1 amide bonds. The van der Waals surface area contributed by atoms with Crippen LogP contribution in [0.5, 0.6) is 0 Å². The summed E-state index contributed by atoms with van der Waals surface area (Å²) in [5, 5.41) is 13.0. The standard InChI is InChI=1S/C13H24N2O3/c1-4-14-11(17)8-9(2)13(18)12-10(16)6-5-7-15(12)3/h9,12-13,18H,4-8H2,1-3H3,(H,14,17)/t9-,12-,13?/m1/s1. The number of carbonyl (C=O) groups is 2. The summed E-state index contributed by atoms with van der Waals surface area (Å²) in [5.74, 6) is -0.208. The summed E-state index contributed by atoms with van der Waals surface area (Å²) < 4.78 is 0. The number of likely N-dealkylation sites (N-methyl/N-ethyl adjacent to an activating group) is 1. The number of aliphatic hydroxyl groups is 1. The molecule has 0 aromatic carbocycles. The van der Waals surface area contributed by atoms with E-state index < -0.39 is 12.1 Å². The molecule has 0 spiro atoms. The summed E-state index contributed by atoms with van der Waals surface area (Å²) in [6.07, 6.45) is 0.862. The fraction of sp³-hybridized carbons (Fsp3) is 0.846. The van der Waals surface area contributed by atoms with Gasteiger partial charge in [-0.05, 0) is 32.9 Å².